The smallest absolute Gasteiger partial charge is 0.326 e. The lowest BCUT2D eigenvalue weighted by molar-refractivity contribution is -0.150. The second-order valence-electron chi connectivity index (χ2n) is 4.85. The van der Waals surface area contributed by atoms with E-state index in [1.54, 1.807) is 30.3 Å². The highest BCUT2D eigenvalue weighted by molar-refractivity contribution is 9.10. The summed E-state index contributed by atoms with van der Waals surface area (Å²) in [7, 11) is 0. The predicted molar refractivity (Wildman–Crippen MR) is 87.8 cm³/mol. The van der Waals surface area contributed by atoms with Gasteiger partial charge in [0.25, 0.3) is 5.91 Å². The van der Waals surface area contributed by atoms with Crippen molar-refractivity contribution in [2.24, 2.45) is 0 Å². The van der Waals surface area contributed by atoms with E-state index in [1.165, 1.54) is 18.2 Å². The van der Waals surface area contributed by atoms with Gasteiger partial charge in [0.15, 0.2) is 0 Å². The van der Waals surface area contributed by atoms with Gasteiger partial charge in [0.05, 0.1) is 5.56 Å². The topological polar surface area (TPSA) is 58.2 Å². The monoisotopic (exact) mass is 400 g/mol. The highest BCUT2D eigenvalue weighted by atomic mass is 79.9. The molecule has 2 rings (SSSR count). The van der Waals surface area contributed by atoms with Crippen molar-refractivity contribution in [2.75, 3.05) is 10.6 Å². The maximum atomic E-state index is 12.2. The number of benzene rings is 2. The van der Waals surface area contributed by atoms with Crippen LogP contribution in [0.5, 0.6) is 0 Å². The number of carbonyl (C=O) groups excluding carboxylic acids is 2. The number of amides is 2. The summed E-state index contributed by atoms with van der Waals surface area (Å²) in [5.74, 6) is -1.56. The van der Waals surface area contributed by atoms with Crippen molar-refractivity contribution < 1.29 is 22.8 Å². The third-order valence-electron chi connectivity index (χ3n) is 2.88. The molecule has 0 aliphatic rings. The zero-order valence-electron chi connectivity index (χ0n) is 12.2. The van der Waals surface area contributed by atoms with Crippen LogP contribution in [0, 0.1) is 0 Å². The van der Waals surface area contributed by atoms with Gasteiger partial charge in [-0.05, 0) is 46.3 Å². The molecule has 0 radical (unpaired) electrons. The van der Waals surface area contributed by atoms with E-state index in [0.717, 1.165) is 0 Å². The van der Waals surface area contributed by atoms with Crippen molar-refractivity contribution in [2.45, 2.75) is 12.6 Å². The highest BCUT2D eigenvalue weighted by Gasteiger charge is 2.31. The number of nitrogens with one attached hydrogen (secondary N) is 2. The first-order chi connectivity index (χ1) is 11.2. The van der Waals surface area contributed by atoms with E-state index in [0.29, 0.717) is 15.7 Å². The first-order valence-corrected chi connectivity index (χ1v) is 7.56. The third kappa shape index (κ3) is 5.38. The molecule has 0 heterocycles. The van der Waals surface area contributed by atoms with E-state index in [4.69, 9.17) is 0 Å². The number of rotatable bonds is 4. The minimum Gasteiger partial charge on any atom is -0.326 e. The van der Waals surface area contributed by atoms with Crippen LogP contribution in [-0.2, 0) is 4.79 Å². The molecule has 4 nitrogen and oxygen atoms in total. The summed E-state index contributed by atoms with van der Waals surface area (Å²) >= 11 is 3.26. The molecule has 0 bridgehead atoms. The molecule has 2 N–H and O–H groups in total. The molecule has 2 amide bonds. The summed E-state index contributed by atoms with van der Waals surface area (Å²) in [5.41, 5.74) is 0.916. The fourth-order valence-electron chi connectivity index (χ4n) is 1.91. The van der Waals surface area contributed by atoms with Crippen LogP contribution in [0.3, 0.4) is 0 Å². The lowest BCUT2D eigenvalue weighted by Crippen LogP contribution is -2.21. The molecule has 0 atom stereocenters. The number of halogens is 4. The van der Waals surface area contributed by atoms with Crippen LogP contribution in [0.1, 0.15) is 16.8 Å². The van der Waals surface area contributed by atoms with E-state index in [1.807, 2.05) is 0 Å². The number of carbonyl (C=O) groups is 2. The predicted octanol–water partition coefficient (Wildman–Crippen LogP) is 4.59. The zero-order valence-corrected chi connectivity index (χ0v) is 13.7. The maximum Gasteiger partial charge on any atom is 0.397 e. The van der Waals surface area contributed by atoms with Gasteiger partial charge in [-0.25, -0.2) is 0 Å². The molecule has 2 aromatic carbocycles. The normalized spacial score (nSPS) is 11.0. The maximum absolute atomic E-state index is 12.2. The van der Waals surface area contributed by atoms with Crippen LogP contribution in [0.2, 0.25) is 0 Å². The molecule has 0 saturated heterocycles. The van der Waals surface area contributed by atoms with Crippen LogP contribution >= 0.6 is 15.9 Å². The van der Waals surface area contributed by atoms with Crippen LogP contribution in [0.15, 0.2) is 53.0 Å². The second kappa shape index (κ2) is 7.48. The zero-order chi connectivity index (χ0) is 17.7. The summed E-state index contributed by atoms with van der Waals surface area (Å²) < 4.78 is 37.1. The number of hydrogen-bond donors (Lipinski definition) is 2. The molecular weight excluding hydrogens is 389 g/mol. The first-order valence-electron chi connectivity index (χ1n) is 6.77. The van der Waals surface area contributed by atoms with Crippen LogP contribution in [0.4, 0.5) is 24.5 Å². The molecule has 24 heavy (non-hydrogen) atoms. The molecule has 0 aliphatic carbocycles. The molecule has 0 aliphatic heterocycles. The molecule has 2 aromatic rings. The Kier molecular flexibility index (Phi) is 5.61. The summed E-state index contributed by atoms with van der Waals surface area (Å²) in [5, 5.41) is 4.76. The Morgan fingerprint density at radius 2 is 1.58 bits per heavy atom. The Morgan fingerprint density at radius 1 is 0.958 bits per heavy atom. The second-order valence-corrected chi connectivity index (χ2v) is 5.71. The minimum atomic E-state index is -4.57. The van der Waals surface area contributed by atoms with Crippen LogP contribution in [-0.4, -0.2) is 18.0 Å². The van der Waals surface area contributed by atoms with Crippen LogP contribution in [0.25, 0.3) is 0 Å². The van der Waals surface area contributed by atoms with E-state index in [9.17, 15) is 22.8 Å². The van der Waals surface area contributed by atoms with Crippen molar-refractivity contribution in [3.8, 4) is 0 Å². The Morgan fingerprint density at radius 3 is 2.21 bits per heavy atom. The first kappa shape index (κ1) is 18.0. The lowest BCUT2D eigenvalue weighted by atomic mass is 10.2. The molecule has 0 spiro atoms. The molecular formula is C16H12BrF3N2O2. The van der Waals surface area contributed by atoms with Gasteiger partial charge in [-0.2, -0.15) is 13.2 Å². The van der Waals surface area contributed by atoms with Gasteiger partial charge in [-0.3, -0.25) is 9.59 Å². The third-order valence-corrected chi connectivity index (χ3v) is 3.58. The fraction of sp³-hybridized carbons (Fsp3) is 0.125. The molecule has 0 aromatic heterocycles. The molecule has 8 heteroatoms. The molecule has 0 saturated carbocycles. The Bertz CT molecular complexity index is 763. The Hall–Kier alpha value is -2.35. The summed E-state index contributed by atoms with van der Waals surface area (Å²) in [4.78, 5) is 23.5. The van der Waals surface area contributed by atoms with Gasteiger partial charge in [0.2, 0.25) is 5.91 Å². The minimum absolute atomic E-state index is 0.161. The van der Waals surface area contributed by atoms with Gasteiger partial charge in [-0.1, -0.05) is 18.2 Å². The SMILES string of the molecule is O=C(CC(F)(F)F)Nc1cccc(NC(=O)c2ccccc2Br)c1. The van der Waals surface area contributed by atoms with Gasteiger partial charge >= 0.3 is 6.18 Å². The summed E-state index contributed by atoms with van der Waals surface area (Å²) in [6.45, 7) is 0. The fourth-order valence-corrected chi connectivity index (χ4v) is 2.37. The molecule has 126 valence electrons. The van der Waals surface area contributed by atoms with Gasteiger partial charge in [-0.15, -0.1) is 0 Å². The summed E-state index contributed by atoms with van der Waals surface area (Å²) in [6.07, 6.45) is -6.14. The average Bonchev–Trinajstić information content (AvgIpc) is 2.45. The highest BCUT2D eigenvalue weighted by Crippen LogP contribution is 2.22. The van der Waals surface area contributed by atoms with Crippen molar-refractivity contribution in [1.29, 1.82) is 0 Å². The number of hydrogen-bond acceptors (Lipinski definition) is 2. The van der Waals surface area contributed by atoms with Crippen molar-refractivity contribution in [1.82, 2.24) is 0 Å². The standard InChI is InChI=1S/C16H12BrF3N2O2/c17-13-7-2-1-6-12(13)15(24)22-11-5-3-4-10(8-11)21-14(23)9-16(18,19)20/h1-8H,9H2,(H,21,23)(H,22,24). The number of anilines is 2. The Balaban J connectivity index is 2.07. The largest absolute Gasteiger partial charge is 0.397 e. The van der Waals surface area contributed by atoms with Crippen molar-refractivity contribution >= 4 is 39.1 Å². The van der Waals surface area contributed by atoms with Gasteiger partial charge in [0, 0.05) is 15.8 Å². The Labute approximate surface area is 144 Å². The lowest BCUT2D eigenvalue weighted by Gasteiger charge is -2.10. The summed E-state index contributed by atoms with van der Waals surface area (Å²) in [6, 6.07) is 12.7. The van der Waals surface area contributed by atoms with E-state index < -0.39 is 18.5 Å². The van der Waals surface area contributed by atoms with E-state index in [2.05, 4.69) is 26.6 Å². The molecule has 0 unspecified atom stereocenters. The van der Waals surface area contributed by atoms with Gasteiger partial charge in [0.1, 0.15) is 6.42 Å². The quantitative estimate of drug-likeness (QED) is 0.788. The van der Waals surface area contributed by atoms with Crippen molar-refractivity contribution in [3.05, 3.63) is 58.6 Å². The van der Waals surface area contributed by atoms with Crippen molar-refractivity contribution in [3.63, 3.8) is 0 Å². The van der Waals surface area contributed by atoms with E-state index in [-0.39, 0.29) is 11.6 Å². The van der Waals surface area contributed by atoms with E-state index >= 15 is 0 Å². The average molecular weight is 401 g/mol. The van der Waals surface area contributed by atoms with Gasteiger partial charge < -0.3 is 10.6 Å². The molecule has 0 fully saturated rings. The number of alkyl halides is 3. The van der Waals surface area contributed by atoms with Crippen LogP contribution < -0.4 is 10.6 Å².